The molecule has 3 heterocycles. The number of rotatable bonds is 2. The summed E-state index contributed by atoms with van der Waals surface area (Å²) in [5.74, 6) is -2.27. The molecule has 2 aliphatic heterocycles. The number of aryl methyl sites for hydroxylation is 1. The zero-order valence-electron chi connectivity index (χ0n) is 13.4. The lowest BCUT2D eigenvalue weighted by Gasteiger charge is -2.39. The first-order valence-electron chi connectivity index (χ1n) is 7.51. The summed E-state index contributed by atoms with van der Waals surface area (Å²) in [5, 5.41) is 1.90. The molecule has 1 aromatic heterocycles. The Kier molecular flexibility index (Phi) is 4.13. The van der Waals surface area contributed by atoms with Gasteiger partial charge in [-0.15, -0.1) is 0 Å². The van der Waals surface area contributed by atoms with Crippen LogP contribution in [0.5, 0.6) is 0 Å². The van der Waals surface area contributed by atoms with Gasteiger partial charge in [-0.25, -0.2) is 14.2 Å². The highest BCUT2D eigenvalue weighted by atomic mass is 35.5. The molecule has 0 saturated carbocycles. The molecule has 0 radical (unpaired) electrons. The Labute approximate surface area is 143 Å². The first-order chi connectivity index (χ1) is 11.3. The van der Waals surface area contributed by atoms with E-state index in [1.165, 1.54) is 4.90 Å². The van der Waals surface area contributed by atoms with Crippen LogP contribution in [0.2, 0.25) is 0 Å². The lowest BCUT2D eigenvalue weighted by Crippen LogP contribution is -2.60. The summed E-state index contributed by atoms with van der Waals surface area (Å²) in [6, 6.07) is 1.15. The number of nitrogens with zero attached hydrogens (tertiary/aromatic N) is 3. The van der Waals surface area contributed by atoms with Gasteiger partial charge in [0.2, 0.25) is 5.91 Å². The molecule has 1 fully saturated rings. The van der Waals surface area contributed by atoms with Gasteiger partial charge in [0.1, 0.15) is 12.1 Å². The molecule has 8 heteroatoms. The Morgan fingerprint density at radius 1 is 1.38 bits per heavy atom. The SMILES string of the molecule is Cc1ccnc(C(C)C)c1N1C(=O)NC(=O)C2C=C(F)C(Cl)=NC21. The van der Waals surface area contributed by atoms with E-state index in [0.717, 1.165) is 11.6 Å². The summed E-state index contributed by atoms with van der Waals surface area (Å²) in [7, 11) is 0. The number of anilines is 1. The van der Waals surface area contributed by atoms with Gasteiger partial charge in [-0.3, -0.25) is 20.0 Å². The zero-order valence-corrected chi connectivity index (χ0v) is 14.1. The molecule has 0 bridgehead atoms. The van der Waals surface area contributed by atoms with Crippen molar-refractivity contribution in [2.75, 3.05) is 4.90 Å². The minimum atomic E-state index is -0.940. The van der Waals surface area contributed by atoms with Crippen molar-refractivity contribution in [3.8, 4) is 0 Å². The van der Waals surface area contributed by atoms with Crippen molar-refractivity contribution in [3.05, 3.63) is 35.4 Å². The molecule has 126 valence electrons. The molecule has 2 unspecified atom stereocenters. The standard InChI is InChI=1S/C16H16ClFN4O2/c1-7(2)11-12(8(3)4-5-19-11)22-14-9(15(23)21-16(22)24)6-10(18)13(17)20-14/h4-7,9,14H,1-3H3,(H,21,23,24). The van der Waals surface area contributed by atoms with Crippen LogP contribution in [0, 0.1) is 12.8 Å². The number of carbonyl (C=O) groups excluding carboxylic acids is 2. The van der Waals surface area contributed by atoms with Crippen LogP contribution in [0.1, 0.15) is 31.0 Å². The molecule has 1 saturated heterocycles. The molecular weight excluding hydrogens is 335 g/mol. The fourth-order valence-electron chi connectivity index (χ4n) is 2.91. The van der Waals surface area contributed by atoms with Crippen molar-refractivity contribution in [1.29, 1.82) is 0 Å². The number of urea groups is 1. The van der Waals surface area contributed by atoms with Crippen molar-refractivity contribution in [2.24, 2.45) is 10.9 Å². The largest absolute Gasteiger partial charge is 0.330 e. The molecule has 0 aliphatic carbocycles. The second kappa shape index (κ2) is 5.98. The number of carbonyl (C=O) groups is 2. The molecule has 2 atom stereocenters. The van der Waals surface area contributed by atoms with E-state index < -0.39 is 29.8 Å². The first kappa shape index (κ1) is 16.6. The van der Waals surface area contributed by atoms with E-state index in [0.29, 0.717) is 11.4 Å². The number of amides is 3. The van der Waals surface area contributed by atoms with Gasteiger partial charge in [0, 0.05) is 6.20 Å². The molecule has 0 spiro atoms. The molecular formula is C16H16ClFN4O2. The number of dihydropyridines is 1. The predicted octanol–water partition coefficient (Wildman–Crippen LogP) is 3.02. The molecule has 3 rings (SSSR count). The maximum atomic E-state index is 13.7. The predicted molar refractivity (Wildman–Crippen MR) is 88.8 cm³/mol. The van der Waals surface area contributed by atoms with Crippen molar-refractivity contribution in [2.45, 2.75) is 32.9 Å². The summed E-state index contributed by atoms with van der Waals surface area (Å²) < 4.78 is 13.7. The number of nitrogens with one attached hydrogen (secondary N) is 1. The van der Waals surface area contributed by atoms with Gasteiger partial charge < -0.3 is 0 Å². The fraction of sp³-hybridized carbons (Fsp3) is 0.375. The number of imide groups is 1. The van der Waals surface area contributed by atoms with E-state index >= 15 is 0 Å². The smallest absolute Gasteiger partial charge is 0.277 e. The van der Waals surface area contributed by atoms with Crippen LogP contribution >= 0.6 is 11.6 Å². The Hall–Kier alpha value is -2.28. The third kappa shape index (κ3) is 2.58. The van der Waals surface area contributed by atoms with Crippen LogP contribution in [-0.2, 0) is 4.79 Å². The van der Waals surface area contributed by atoms with Gasteiger partial charge in [-0.1, -0.05) is 25.4 Å². The van der Waals surface area contributed by atoms with Crippen LogP contribution in [-0.4, -0.2) is 28.3 Å². The summed E-state index contributed by atoms with van der Waals surface area (Å²) in [6.45, 7) is 5.74. The second-order valence-electron chi connectivity index (χ2n) is 6.05. The van der Waals surface area contributed by atoms with Gasteiger partial charge in [0.25, 0.3) is 0 Å². The van der Waals surface area contributed by atoms with Gasteiger partial charge >= 0.3 is 6.03 Å². The lowest BCUT2D eigenvalue weighted by molar-refractivity contribution is -0.123. The maximum absolute atomic E-state index is 13.7. The minimum absolute atomic E-state index is 0.0408. The van der Waals surface area contributed by atoms with Crippen molar-refractivity contribution < 1.29 is 14.0 Å². The number of aliphatic imine (C=N–C) groups is 1. The number of fused-ring (bicyclic) bond motifs is 1. The Bertz CT molecular complexity index is 790. The maximum Gasteiger partial charge on any atom is 0.330 e. The highest BCUT2D eigenvalue weighted by molar-refractivity contribution is 6.69. The molecule has 0 aromatic carbocycles. The number of hydrogen-bond acceptors (Lipinski definition) is 4. The summed E-state index contributed by atoms with van der Waals surface area (Å²) >= 11 is 5.80. The highest BCUT2D eigenvalue weighted by Crippen LogP contribution is 2.36. The normalized spacial score (nSPS) is 23.7. The number of aromatic nitrogens is 1. The van der Waals surface area contributed by atoms with Crippen LogP contribution in [0.4, 0.5) is 14.9 Å². The molecule has 1 N–H and O–H groups in total. The average molecular weight is 351 g/mol. The number of halogens is 2. The van der Waals surface area contributed by atoms with E-state index in [1.54, 1.807) is 12.3 Å². The summed E-state index contributed by atoms with van der Waals surface area (Å²) in [4.78, 5) is 34.3. The second-order valence-corrected chi connectivity index (χ2v) is 6.41. The van der Waals surface area contributed by atoms with E-state index in [9.17, 15) is 14.0 Å². The van der Waals surface area contributed by atoms with E-state index in [-0.39, 0.29) is 11.1 Å². The number of pyridine rings is 1. The summed E-state index contributed by atoms with van der Waals surface area (Å²) in [6.07, 6.45) is 1.82. The van der Waals surface area contributed by atoms with Gasteiger partial charge in [-0.05, 0) is 30.5 Å². The third-order valence-electron chi connectivity index (χ3n) is 4.05. The molecule has 6 nitrogen and oxygen atoms in total. The average Bonchev–Trinajstić information content (AvgIpc) is 2.50. The van der Waals surface area contributed by atoms with Crippen LogP contribution in [0.15, 0.2) is 29.2 Å². The third-order valence-corrected chi connectivity index (χ3v) is 4.33. The Morgan fingerprint density at radius 3 is 2.75 bits per heavy atom. The molecule has 3 amide bonds. The van der Waals surface area contributed by atoms with Crippen LogP contribution in [0.25, 0.3) is 0 Å². The first-order valence-corrected chi connectivity index (χ1v) is 7.89. The minimum Gasteiger partial charge on any atom is -0.277 e. The van der Waals surface area contributed by atoms with Gasteiger partial charge in [-0.2, -0.15) is 0 Å². The Morgan fingerprint density at radius 2 is 2.08 bits per heavy atom. The lowest BCUT2D eigenvalue weighted by atomic mass is 9.96. The fourth-order valence-corrected chi connectivity index (χ4v) is 3.07. The van der Waals surface area contributed by atoms with Crippen molar-refractivity contribution >= 4 is 34.4 Å². The van der Waals surface area contributed by atoms with E-state index in [1.807, 2.05) is 20.8 Å². The molecule has 2 aliphatic rings. The van der Waals surface area contributed by atoms with Crippen LogP contribution in [0.3, 0.4) is 0 Å². The monoisotopic (exact) mass is 350 g/mol. The molecule has 24 heavy (non-hydrogen) atoms. The van der Waals surface area contributed by atoms with Crippen molar-refractivity contribution in [1.82, 2.24) is 10.3 Å². The summed E-state index contributed by atoms with van der Waals surface area (Å²) in [5.41, 5.74) is 2.06. The molecule has 1 aromatic rings. The zero-order chi connectivity index (χ0) is 17.6. The van der Waals surface area contributed by atoms with E-state index in [4.69, 9.17) is 11.6 Å². The van der Waals surface area contributed by atoms with Crippen molar-refractivity contribution in [3.63, 3.8) is 0 Å². The Balaban J connectivity index is 2.17. The number of hydrogen-bond donors (Lipinski definition) is 1. The quantitative estimate of drug-likeness (QED) is 0.890. The topological polar surface area (TPSA) is 74.7 Å². The van der Waals surface area contributed by atoms with E-state index in [2.05, 4.69) is 15.3 Å². The van der Waals surface area contributed by atoms with Gasteiger partial charge in [0.15, 0.2) is 11.0 Å². The van der Waals surface area contributed by atoms with Crippen LogP contribution < -0.4 is 10.2 Å². The highest BCUT2D eigenvalue weighted by Gasteiger charge is 2.45. The van der Waals surface area contributed by atoms with Gasteiger partial charge in [0.05, 0.1) is 11.4 Å². The number of allylic oxidation sites excluding steroid dienone is 1.